The van der Waals surface area contributed by atoms with Crippen LogP contribution in [0.25, 0.3) is 11.1 Å². The summed E-state index contributed by atoms with van der Waals surface area (Å²) in [6.45, 7) is 0. The van der Waals surface area contributed by atoms with Crippen LogP contribution in [0.5, 0.6) is 0 Å². The van der Waals surface area contributed by atoms with Gasteiger partial charge in [-0.2, -0.15) is 0 Å². The van der Waals surface area contributed by atoms with Gasteiger partial charge >= 0.3 is 0 Å². The van der Waals surface area contributed by atoms with Crippen LogP contribution in [-0.4, -0.2) is 16.0 Å². The number of carbonyl (C=O) groups excluding carboxylic acids is 1. The van der Waals surface area contributed by atoms with Crippen molar-refractivity contribution in [3.8, 4) is 0 Å². The molecule has 0 radical (unpaired) electrons. The van der Waals surface area contributed by atoms with Crippen molar-refractivity contribution in [3.05, 3.63) is 30.2 Å². The molecular weight excluding hydrogens is 208 g/mol. The minimum atomic E-state index is -0.889. The lowest BCUT2D eigenvalue weighted by Gasteiger charge is -2.03. The molecule has 2 aromatic rings. The van der Waals surface area contributed by atoms with E-state index in [1.165, 1.54) is 0 Å². The molecule has 1 aromatic carbocycles. The summed E-state index contributed by atoms with van der Waals surface area (Å²) in [5.41, 5.74) is 6.30. The van der Waals surface area contributed by atoms with Crippen molar-refractivity contribution >= 4 is 17.0 Å². The van der Waals surface area contributed by atoms with Crippen LogP contribution in [0, 0.1) is 0 Å². The van der Waals surface area contributed by atoms with Gasteiger partial charge in [-0.25, -0.2) is 4.98 Å². The normalized spacial score (nSPS) is 12.8. The predicted octanol–water partition coefficient (Wildman–Crippen LogP) is 1.13. The summed E-state index contributed by atoms with van der Waals surface area (Å²) < 4.78 is 5.35. The van der Waals surface area contributed by atoms with E-state index in [-0.39, 0.29) is 18.7 Å². The van der Waals surface area contributed by atoms with Crippen LogP contribution in [0.15, 0.2) is 28.7 Å². The Bertz CT molecular complexity index is 474. The summed E-state index contributed by atoms with van der Waals surface area (Å²) in [5.74, 6) is -0.224. The third-order valence-electron chi connectivity index (χ3n) is 2.26. The van der Waals surface area contributed by atoms with Crippen LogP contribution < -0.4 is 5.73 Å². The van der Waals surface area contributed by atoms with Crippen LogP contribution in [-0.2, 0) is 4.79 Å². The third-order valence-corrected chi connectivity index (χ3v) is 2.26. The molecule has 1 atom stereocenters. The summed E-state index contributed by atoms with van der Waals surface area (Å²) in [4.78, 5) is 14.7. The van der Waals surface area contributed by atoms with E-state index in [0.29, 0.717) is 11.1 Å². The van der Waals surface area contributed by atoms with Crippen LogP contribution in [0.4, 0.5) is 0 Å². The Kier molecular flexibility index (Phi) is 2.87. The number of primary amides is 1. The number of carbonyl (C=O) groups is 1. The van der Waals surface area contributed by atoms with Crippen molar-refractivity contribution in [1.29, 1.82) is 0 Å². The molecule has 0 aliphatic carbocycles. The quantitative estimate of drug-likeness (QED) is 0.808. The molecule has 5 nitrogen and oxygen atoms in total. The number of oxazole rings is 1. The highest BCUT2D eigenvalue weighted by Crippen LogP contribution is 2.22. The molecular formula is C11H12N2O3. The summed E-state index contributed by atoms with van der Waals surface area (Å²) in [6, 6.07) is 7.23. The highest BCUT2D eigenvalue weighted by atomic mass is 16.4. The average molecular weight is 220 g/mol. The Morgan fingerprint density at radius 2 is 2.25 bits per heavy atom. The van der Waals surface area contributed by atoms with E-state index in [4.69, 9.17) is 10.2 Å². The van der Waals surface area contributed by atoms with Crippen LogP contribution >= 0.6 is 0 Å². The molecule has 0 saturated heterocycles. The topological polar surface area (TPSA) is 89.4 Å². The first-order valence-corrected chi connectivity index (χ1v) is 4.98. The van der Waals surface area contributed by atoms with Gasteiger partial charge in [0.15, 0.2) is 5.58 Å². The number of aliphatic hydroxyl groups excluding tert-OH is 1. The molecule has 16 heavy (non-hydrogen) atoms. The Morgan fingerprint density at radius 1 is 1.50 bits per heavy atom. The van der Waals surface area contributed by atoms with Gasteiger partial charge in [-0.1, -0.05) is 12.1 Å². The van der Waals surface area contributed by atoms with Crippen molar-refractivity contribution in [3.63, 3.8) is 0 Å². The third kappa shape index (κ3) is 2.20. The molecule has 1 amide bonds. The number of amides is 1. The van der Waals surface area contributed by atoms with E-state index in [2.05, 4.69) is 4.98 Å². The van der Waals surface area contributed by atoms with Crippen molar-refractivity contribution in [1.82, 2.24) is 4.98 Å². The van der Waals surface area contributed by atoms with Crippen molar-refractivity contribution < 1.29 is 14.3 Å². The number of fused-ring (bicyclic) bond motifs is 1. The molecule has 0 bridgehead atoms. The minimum Gasteiger partial charge on any atom is -0.438 e. The molecule has 3 N–H and O–H groups in total. The number of para-hydroxylation sites is 2. The van der Waals surface area contributed by atoms with E-state index in [1.807, 2.05) is 12.1 Å². The molecule has 0 saturated carbocycles. The van der Waals surface area contributed by atoms with Crippen molar-refractivity contribution in [2.75, 3.05) is 0 Å². The van der Waals surface area contributed by atoms with E-state index in [1.54, 1.807) is 12.1 Å². The summed E-state index contributed by atoms with van der Waals surface area (Å²) >= 11 is 0. The first-order chi connectivity index (χ1) is 7.66. The van der Waals surface area contributed by atoms with Gasteiger partial charge in [-0.05, 0) is 18.6 Å². The first-order valence-electron chi connectivity index (χ1n) is 4.98. The zero-order chi connectivity index (χ0) is 11.5. The van der Waals surface area contributed by atoms with Crippen LogP contribution in [0.2, 0.25) is 0 Å². The van der Waals surface area contributed by atoms with E-state index in [0.717, 1.165) is 0 Å². The van der Waals surface area contributed by atoms with Gasteiger partial charge in [0.2, 0.25) is 11.8 Å². The standard InChI is InChI=1S/C11H12N2O3/c12-10(15)6-5-8(14)11-13-7-3-1-2-4-9(7)16-11/h1-4,8,14H,5-6H2,(H2,12,15)/t8-/m0/s1. The van der Waals surface area contributed by atoms with E-state index < -0.39 is 12.0 Å². The number of hydrogen-bond acceptors (Lipinski definition) is 4. The number of aliphatic hydroxyl groups is 1. The maximum Gasteiger partial charge on any atom is 0.224 e. The zero-order valence-electron chi connectivity index (χ0n) is 8.59. The number of hydrogen-bond donors (Lipinski definition) is 2. The van der Waals surface area contributed by atoms with Gasteiger partial charge in [-0.15, -0.1) is 0 Å². The molecule has 2 rings (SSSR count). The fourth-order valence-electron chi connectivity index (χ4n) is 1.44. The molecule has 5 heteroatoms. The molecule has 0 fully saturated rings. The van der Waals surface area contributed by atoms with Gasteiger partial charge in [0.05, 0.1) is 0 Å². The molecule has 0 aliphatic rings. The monoisotopic (exact) mass is 220 g/mol. The maximum absolute atomic E-state index is 10.6. The second-order valence-electron chi connectivity index (χ2n) is 3.54. The molecule has 0 aliphatic heterocycles. The zero-order valence-corrected chi connectivity index (χ0v) is 8.59. The Balaban J connectivity index is 2.16. The number of benzene rings is 1. The smallest absolute Gasteiger partial charge is 0.224 e. The lowest BCUT2D eigenvalue weighted by atomic mass is 10.2. The van der Waals surface area contributed by atoms with Crippen molar-refractivity contribution in [2.24, 2.45) is 5.73 Å². The molecule has 0 unspecified atom stereocenters. The number of aromatic nitrogens is 1. The van der Waals surface area contributed by atoms with E-state index in [9.17, 15) is 9.90 Å². The predicted molar refractivity (Wildman–Crippen MR) is 57.4 cm³/mol. The number of nitrogens with two attached hydrogens (primary N) is 1. The fraction of sp³-hybridized carbons (Fsp3) is 0.273. The lowest BCUT2D eigenvalue weighted by Crippen LogP contribution is -2.12. The van der Waals surface area contributed by atoms with Gasteiger partial charge < -0.3 is 15.3 Å². The highest BCUT2D eigenvalue weighted by molar-refractivity contribution is 5.74. The average Bonchev–Trinajstić information content (AvgIpc) is 2.69. The second kappa shape index (κ2) is 4.32. The van der Waals surface area contributed by atoms with Crippen LogP contribution in [0.3, 0.4) is 0 Å². The highest BCUT2D eigenvalue weighted by Gasteiger charge is 2.15. The fourth-order valence-corrected chi connectivity index (χ4v) is 1.44. The van der Waals surface area contributed by atoms with Crippen LogP contribution in [0.1, 0.15) is 24.8 Å². The SMILES string of the molecule is NC(=O)CC[C@H](O)c1nc2ccccc2o1. The van der Waals surface area contributed by atoms with Gasteiger partial charge in [-0.3, -0.25) is 4.79 Å². The molecule has 1 aromatic heterocycles. The van der Waals surface area contributed by atoms with Gasteiger partial charge in [0.25, 0.3) is 0 Å². The van der Waals surface area contributed by atoms with Crippen molar-refractivity contribution in [2.45, 2.75) is 18.9 Å². The summed E-state index contributed by atoms with van der Waals surface area (Å²) in [5, 5.41) is 9.71. The number of rotatable bonds is 4. The lowest BCUT2D eigenvalue weighted by molar-refractivity contribution is -0.118. The molecule has 84 valence electrons. The first kappa shape index (κ1) is 10.6. The number of nitrogens with zero attached hydrogens (tertiary/aromatic N) is 1. The van der Waals surface area contributed by atoms with Gasteiger partial charge in [0, 0.05) is 6.42 Å². The Labute approximate surface area is 91.9 Å². The van der Waals surface area contributed by atoms with Gasteiger partial charge in [0.1, 0.15) is 11.6 Å². The minimum absolute atomic E-state index is 0.111. The summed E-state index contributed by atoms with van der Waals surface area (Å²) in [7, 11) is 0. The maximum atomic E-state index is 10.6. The van der Waals surface area contributed by atoms with E-state index >= 15 is 0 Å². The Morgan fingerprint density at radius 3 is 2.94 bits per heavy atom. The molecule has 1 heterocycles. The largest absolute Gasteiger partial charge is 0.438 e. The Hall–Kier alpha value is -1.88. The second-order valence-corrected chi connectivity index (χ2v) is 3.54. The summed E-state index contributed by atoms with van der Waals surface area (Å²) in [6.07, 6.45) is -0.554. The molecule has 0 spiro atoms.